The lowest BCUT2D eigenvalue weighted by Crippen LogP contribution is -2.06. The van der Waals surface area contributed by atoms with Gasteiger partial charge < -0.3 is 10.3 Å². The summed E-state index contributed by atoms with van der Waals surface area (Å²) in [4.78, 5) is 4.49. The van der Waals surface area contributed by atoms with Crippen LogP contribution in [0.25, 0.3) is 11.5 Å². The molecule has 0 radical (unpaired) electrons. The molecule has 100 valence electrons. The van der Waals surface area contributed by atoms with E-state index in [4.69, 9.17) is 21.9 Å². The highest BCUT2D eigenvalue weighted by Crippen LogP contribution is 2.32. The molecule has 1 saturated carbocycles. The molecule has 0 atom stereocenters. The largest absolute Gasteiger partial charge is 0.399 e. The number of hydrogen-bond acceptors (Lipinski definition) is 4. The summed E-state index contributed by atoms with van der Waals surface area (Å²) in [5, 5.41) is 4.68. The fourth-order valence-corrected chi connectivity index (χ4v) is 2.86. The Kier molecular flexibility index (Phi) is 3.42. The Morgan fingerprint density at radius 3 is 2.68 bits per heavy atom. The Bertz CT molecular complexity index is 556. The van der Waals surface area contributed by atoms with Crippen LogP contribution in [-0.4, -0.2) is 10.1 Å². The Balaban J connectivity index is 1.87. The van der Waals surface area contributed by atoms with Crippen molar-refractivity contribution >= 4 is 17.3 Å². The van der Waals surface area contributed by atoms with Crippen LogP contribution >= 0.6 is 11.6 Å². The molecule has 0 amide bonds. The minimum absolute atomic E-state index is 0.433. The second-order valence-corrected chi connectivity index (χ2v) is 5.50. The molecule has 1 heterocycles. The zero-order valence-corrected chi connectivity index (χ0v) is 11.4. The lowest BCUT2D eigenvalue weighted by molar-refractivity contribution is 0.385. The average Bonchev–Trinajstić information content (AvgIpc) is 2.88. The van der Waals surface area contributed by atoms with E-state index >= 15 is 0 Å². The van der Waals surface area contributed by atoms with Crippen molar-refractivity contribution in [2.45, 2.75) is 38.0 Å². The number of hydrogen-bond donors (Lipinski definition) is 1. The fraction of sp³-hybridized carbons (Fsp3) is 0.429. The molecule has 1 aromatic carbocycles. The van der Waals surface area contributed by atoms with E-state index in [1.807, 2.05) is 0 Å². The van der Waals surface area contributed by atoms with Gasteiger partial charge in [-0.3, -0.25) is 0 Å². The first kappa shape index (κ1) is 12.5. The Hall–Kier alpha value is -1.55. The van der Waals surface area contributed by atoms with Gasteiger partial charge in [-0.15, -0.1) is 0 Å². The number of nitrogens with zero attached hydrogens (tertiary/aromatic N) is 2. The number of aromatic nitrogens is 2. The summed E-state index contributed by atoms with van der Waals surface area (Å²) in [6.07, 6.45) is 6.11. The van der Waals surface area contributed by atoms with E-state index < -0.39 is 0 Å². The Labute approximate surface area is 117 Å². The summed E-state index contributed by atoms with van der Waals surface area (Å²) in [6, 6.07) is 5.28. The van der Waals surface area contributed by atoms with Crippen LogP contribution in [-0.2, 0) is 0 Å². The molecule has 4 nitrogen and oxygen atoms in total. The summed E-state index contributed by atoms with van der Waals surface area (Å²) in [7, 11) is 0. The van der Waals surface area contributed by atoms with Gasteiger partial charge in [-0.25, -0.2) is 0 Å². The van der Waals surface area contributed by atoms with Crippen LogP contribution in [0.4, 0.5) is 5.69 Å². The third-order valence-electron chi connectivity index (χ3n) is 3.58. The summed E-state index contributed by atoms with van der Waals surface area (Å²) in [6.45, 7) is 0. The van der Waals surface area contributed by atoms with Crippen molar-refractivity contribution in [2.24, 2.45) is 0 Å². The summed E-state index contributed by atoms with van der Waals surface area (Å²) in [5.74, 6) is 1.74. The van der Waals surface area contributed by atoms with Gasteiger partial charge in [0.15, 0.2) is 5.82 Å². The van der Waals surface area contributed by atoms with Crippen molar-refractivity contribution in [3.63, 3.8) is 0 Å². The van der Waals surface area contributed by atoms with Crippen LogP contribution in [0.15, 0.2) is 22.7 Å². The highest BCUT2D eigenvalue weighted by atomic mass is 35.5. The van der Waals surface area contributed by atoms with Crippen molar-refractivity contribution in [2.75, 3.05) is 5.73 Å². The summed E-state index contributed by atoms with van der Waals surface area (Å²) in [5.41, 5.74) is 7.15. The van der Waals surface area contributed by atoms with Crippen molar-refractivity contribution in [3.8, 4) is 11.5 Å². The standard InChI is InChI=1S/C14H16ClN3O/c15-11-6-10(7-12(16)8-11)14-17-13(18-19-14)9-4-2-1-3-5-9/h6-9H,1-5,16H2. The first-order valence-electron chi connectivity index (χ1n) is 6.62. The predicted octanol–water partition coefficient (Wildman–Crippen LogP) is 4.02. The lowest BCUT2D eigenvalue weighted by atomic mass is 9.89. The molecule has 0 unspecified atom stereocenters. The maximum Gasteiger partial charge on any atom is 0.258 e. The second kappa shape index (κ2) is 5.21. The number of halogens is 1. The molecule has 2 N–H and O–H groups in total. The van der Waals surface area contributed by atoms with Crippen LogP contribution < -0.4 is 5.73 Å². The van der Waals surface area contributed by atoms with Gasteiger partial charge in [0.1, 0.15) is 0 Å². The second-order valence-electron chi connectivity index (χ2n) is 5.07. The number of nitrogen functional groups attached to an aromatic ring is 1. The molecule has 1 aromatic heterocycles. The number of rotatable bonds is 2. The van der Waals surface area contributed by atoms with Crippen LogP contribution in [0.3, 0.4) is 0 Å². The van der Waals surface area contributed by atoms with Gasteiger partial charge in [0.2, 0.25) is 0 Å². The van der Waals surface area contributed by atoms with Crippen LogP contribution in [0, 0.1) is 0 Å². The monoisotopic (exact) mass is 277 g/mol. The Morgan fingerprint density at radius 1 is 1.16 bits per heavy atom. The molecule has 0 aliphatic heterocycles. The normalized spacial score (nSPS) is 16.7. The van der Waals surface area contributed by atoms with Crippen molar-refractivity contribution in [1.29, 1.82) is 0 Å². The highest BCUT2D eigenvalue weighted by molar-refractivity contribution is 6.31. The zero-order valence-electron chi connectivity index (χ0n) is 10.6. The van der Waals surface area contributed by atoms with E-state index in [-0.39, 0.29) is 0 Å². The van der Waals surface area contributed by atoms with E-state index in [1.165, 1.54) is 19.3 Å². The molecule has 1 fully saturated rings. The molecule has 3 rings (SSSR count). The maximum absolute atomic E-state index is 5.99. The van der Waals surface area contributed by atoms with Crippen LogP contribution in [0.1, 0.15) is 43.8 Å². The van der Waals surface area contributed by atoms with E-state index in [2.05, 4.69) is 10.1 Å². The van der Waals surface area contributed by atoms with Crippen LogP contribution in [0.5, 0.6) is 0 Å². The number of nitrogens with two attached hydrogens (primary N) is 1. The first-order valence-corrected chi connectivity index (χ1v) is 7.00. The average molecular weight is 278 g/mol. The maximum atomic E-state index is 5.99. The van der Waals surface area contributed by atoms with Gasteiger partial charge in [0.05, 0.1) is 0 Å². The molecule has 0 saturated heterocycles. The molecule has 2 aromatic rings. The third-order valence-corrected chi connectivity index (χ3v) is 3.80. The number of benzene rings is 1. The van der Waals surface area contributed by atoms with E-state index in [0.29, 0.717) is 22.5 Å². The van der Waals surface area contributed by atoms with Crippen molar-refractivity contribution in [1.82, 2.24) is 10.1 Å². The van der Waals surface area contributed by atoms with Gasteiger partial charge in [-0.1, -0.05) is 36.0 Å². The fourth-order valence-electron chi connectivity index (χ4n) is 2.61. The highest BCUT2D eigenvalue weighted by Gasteiger charge is 2.21. The first-order chi connectivity index (χ1) is 9.22. The van der Waals surface area contributed by atoms with E-state index in [0.717, 1.165) is 24.2 Å². The zero-order chi connectivity index (χ0) is 13.2. The molecule has 0 bridgehead atoms. The quantitative estimate of drug-likeness (QED) is 0.842. The van der Waals surface area contributed by atoms with Crippen molar-refractivity contribution in [3.05, 3.63) is 29.0 Å². The van der Waals surface area contributed by atoms with Gasteiger partial charge in [-0.2, -0.15) is 4.98 Å². The molecule has 5 heteroatoms. The molecular weight excluding hydrogens is 262 g/mol. The van der Waals surface area contributed by atoms with E-state index in [1.54, 1.807) is 18.2 Å². The minimum Gasteiger partial charge on any atom is -0.399 e. The molecular formula is C14H16ClN3O. The third kappa shape index (κ3) is 2.73. The summed E-state index contributed by atoms with van der Waals surface area (Å²) < 4.78 is 5.34. The minimum atomic E-state index is 0.433. The van der Waals surface area contributed by atoms with Gasteiger partial charge >= 0.3 is 0 Å². The van der Waals surface area contributed by atoms with E-state index in [9.17, 15) is 0 Å². The molecule has 0 spiro atoms. The van der Waals surface area contributed by atoms with Crippen molar-refractivity contribution < 1.29 is 4.52 Å². The number of anilines is 1. The lowest BCUT2D eigenvalue weighted by Gasteiger charge is -2.17. The Morgan fingerprint density at radius 2 is 1.95 bits per heavy atom. The molecule has 1 aliphatic carbocycles. The van der Waals surface area contributed by atoms with Gasteiger partial charge in [-0.05, 0) is 31.0 Å². The predicted molar refractivity (Wildman–Crippen MR) is 75.0 cm³/mol. The molecule has 1 aliphatic rings. The van der Waals surface area contributed by atoms with Gasteiger partial charge in [0.25, 0.3) is 5.89 Å². The summed E-state index contributed by atoms with van der Waals surface area (Å²) >= 11 is 5.99. The smallest absolute Gasteiger partial charge is 0.258 e. The van der Waals surface area contributed by atoms with Crippen LogP contribution in [0.2, 0.25) is 5.02 Å². The molecule has 19 heavy (non-hydrogen) atoms. The topological polar surface area (TPSA) is 64.9 Å². The van der Waals surface area contributed by atoms with Gasteiger partial charge in [0, 0.05) is 22.2 Å². The SMILES string of the molecule is Nc1cc(Cl)cc(-c2nc(C3CCCCC3)no2)c1.